The number of aliphatic hydroxyl groups is 1. The summed E-state index contributed by atoms with van der Waals surface area (Å²) in [5.74, 6) is 0.846. The molecule has 0 saturated heterocycles. The van der Waals surface area contributed by atoms with Crippen molar-refractivity contribution in [1.29, 1.82) is 0 Å². The maximum atomic E-state index is 10.7. The highest BCUT2D eigenvalue weighted by Gasteiger charge is 2.39. The van der Waals surface area contributed by atoms with Gasteiger partial charge in [-0.25, -0.2) is 0 Å². The fourth-order valence-electron chi connectivity index (χ4n) is 2.17. The quantitative estimate of drug-likeness (QED) is 0.534. The molecule has 24 heavy (non-hydrogen) atoms. The van der Waals surface area contributed by atoms with Gasteiger partial charge in [0, 0.05) is 4.90 Å². The van der Waals surface area contributed by atoms with Crippen molar-refractivity contribution in [2.75, 3.05) is 6.26 Å². The Kier molecular flexibility index (Phi) is 5.84. The maximum Gasteiger partial charge on any atom is 0.250 e. The van der Waals surface area contributed by atoms with E-state index in [2.05, 4.69) is 33.9 Å². The molecule has 0 aliphatic rings. The van der Waals surface area contributed by atoms with Crippen LogP contribution in [0, 0.1) is 0 Å². The van der Waals surface area contributed by atoms with Crippen LogP contribution >= 0.6 is 11.8 Å². The molecule has 0 spiro atoms. The third-order valence-electron chi connectivity index (χ3n) is 4.78. The van der Waals surface area contributed by atoms with Crippen LogP contribution in [0.15, 0.2) is 53.4 Å². The third kappa shape index (κ3) is 4.44. The Morgan fingerprint density at radius 2 is 1.62 bits per heavy atom. The highest BCUT2D eigenvalue weighted by Crippen LogP contribution is 2.38. The molecule has 0 aliphatic heterocycles. The summed E-state index contributed by atoms with van der Waals surface area (Å²) in [7, 11) is -1.88. The van der Waals surface area contributed by atoms with Crippen LogP contribution in [0.25, 0.3) is 0 Å². The van der Waals surface area contributed by atoms with Crippen LogP contribution in [0.1, 0.15) is 38.0 Å². The first kappa shape index (κ1) is 19.1. The largest absolute Gasteiger partial charge is 0.543 e. The van der Waals surface area contributed by atoms with Gasteiger partial charge >= 0.3 is 0 Å². The molecule has 2 aromatic carbocycles. The average molecular weight is 361 g/mol. The molecule has 0 aromatic heterocycles. The summed E-state index contributed by atoms with van der Waals surface area (Å²) in [5, 5.41) is 10.8. The van der Waals surface area contributed by atoms with Crippen LogP contribution in [0.4, 0.5) is 0 Å². The number of thioether (sulfide) groups is 1. The van der Waals surface area contributed by atoms with Crippen molar-refractivity contribution in [3.63, 3.8) is 0 Å². The van der Waals surface area contributed by atoms with Crippen LogP contribution in [-0.2, 0) is 0 Å². The van der Waals surface area contributed by atoms with E-state index < -0.39 is 14.4 Å². The lowest BCUT2D eigenvalue weighted by atomic mass is 10.0. The smallest absolute Gasteiger partial charge is 0.250 e. The third-order valence-corrected chi connectivity index (χ3v) is 9.89. The fraction of sp³-hybridized carbons (Fsp3) is 0.400. The number of hydrogen-bond acceptors (Lipinski definition) is 3. The summed E-state index contributed by atoms with van der Waals surface area (Å²) in [6.45, 7) is 11.1. The molecule has 2 aromatic rings. The van der Waals surface area contributed by atoms with Gasteiger partial charge in [-0.05, 0) is 59.8 Å². The van der Waals surface area contributed by atoms with Crippen molar-refractivity contribution in [2.45, 2.75) is 49.9 Å². The van der Waals surface area contributed by atoms with E-state index in [-0.39, 0.29) is 5.04 Å². The molecular weight excluding hydrogens is 332 g/mol. The first-order valence-electron chi connectivity index (χ1n) is 8.25. The number of hydrogen-bond donors (Lipinski definition) is 1. The SMILES string of the molecule is CSc1ccc(C(O)c2cccc(O[Si](C)(C)C(C)(C)C)c2)cc1. The van der Waals surface area contributed by atoms with Gasteiger partial charge in [0.2, 0.25) is 8.32 Å². The zero-order valence-corrected chi connectivity index (χ0v) is 17.3. The molecule has 0 heterocycles. The monoisotopic (exact) mass is 360 g/mol. The van der Waals surface area contributed by atoms with Crippen molar-refractivity contribution in [2.24, 2.45) is 0 Å². The molecule has 1 atom stereocenters. The Morgan fingerprint density at radius 1 is 1.00 bits per heavy atom. The first-order valence-corrected chi connectivity index (χ1v) is 12.4. The second-order valence-electron chi connectivity index (χ2n) is 7.61. The summed E-state index contributed by atoms with van der Waals surface area (Å²) in [5.41, 5.74) is 1.76. The molecule has 0 saturated carbocycles. The van der Waals surface area contributed by atoms with E-state index in [1.165, 1.54) is 4.90 Å². The minimum absolute atomic E-state index is 0.148. The van der Waals surface area contributed by atoms with Gasteiger partial charge in [-0.2, -0.15) is 0 Å². The van der Waals surface area contributed by atoms with Crippen molar-refractivity contribution >= 4 is 20.1 Å². The summed E-state index contributed by atoms with van der Waals surface area (Å²) in [4.78, 5) is 1.20. The van der Waals surface area contributed by atoms with Crippen molar-refractivity contribution in [3.8, 4) is 5.75 Å². The van der Waals surface area contributed by atoms with E-state index in [0.717, 1.165) is 16.9 Å². The van der Waals surface area contributed by atoms with E-state index in [0.29, 0.717) is 0 Å². The number of aliphatic hydroxyl groups excluding tert-OH is 1. The predicted molar refractivity (Wildman–Crippen MR) is 107 cm³/mol. The highest BCUT2D eigenvalue weighted by atomic mass is 32.2. The van der Waals surface area contributed by atoms with Crippen LogP contribution in [0.5, 0.6) is 5.75 Å². The Labute approximate surface area is 151 Å². The molecule has 2 rings (SSSR count). The Hall–Kier alpha value is -1.23. The first-order chi connectivity index (χ1) is 11.1. The molecule has 130 valence electrons. The van der Waals surface area contributed by atoms with Gasteiger partial charge < -0.3 is 9.53 Å². The van der Waals surface area contributed by atoms with Crippen LogP contribution in [-0.4, -0.2) is 19.7 Å². The molecular formula is C20H28O2SSi. The molecule has 0 bridgehead atoms. The molecule has 1 N–H and O–H groups in total. The summed E-state index contributed by atoms with van der Waals surface area (Å²) in [6.07, 6.45) is 1.41. The minimum atomic E-state index is -1.88. The second kappa shape index (κ2) is 7.34. The van der Waals surface area contributed by atoms with Gasteiger partial charge in [0.05, 0.1) is 0 Å². The van der Waals surface area contributed by atoms with E-state index in [9.17, 15) is 5.11 Å². The summed E-state index contributed by atoms with van der Waals surface area (Å²) < 4.78 is 6.35. The van der Waals surface area contributed by atoms with Crippen LogP contribution < -0.4 is 4.43 Å². The summed E-state index contributed by atoms with van der Waals surface area (Å²) >= 11 is 1.70. The van der Waals surface area contributed by atoms with Gasteiger partial charge in [0.1, 0.15) is 11.9 Å². The fourth-order valence-corrected chi connectivity index (χ4v) is 3.61. The zero-order chi connectivity index (χ0) is 18.0. The molecule has 0 amide bonds. The van der Waals surface area contributed by atoms with E-state index >= 15 is 0 Å². The topological polar surface area (TPSA) is 29.5 Å². The predicted octanol–water partition coefficient (Wildman–Crippen LogP) is 5.87. The van der Waals surface area contributed by atoms with Gasteiger partial charge in [0.15, 0.2) is 0 Å². The second-order valence-corrected chi connectivity index (χ2v) is 13.2. The van der Waals surface area contributed by atoms with E-state index in [1.807, 2.05) is 54.8 Å². The number of rotatable bonds is 5. The van der Waals surface area contributed by atoms with Crippen LogP contribution in [0.3, 0.4) is 0 Å². The van der Waals surface area contributed by atoms with Gasteiger partial charge in [-0.3, -0.25) is 0 Å². The van der Waals surface area contributed by atoms with Crippen molar-refractivity contribution in [3.05, 3.63) is 59.7 Å². The molecule has 0 aliphatic carbocycles. The lowest BCUT2D eigenvalue weighted by molar-refractivity contribution is 0.220. The van der Waals surface area contributed by atoms with Gasteiger partial charge in [-0.1, -0.05) is 45.0 Å². The van der Waals surface area contributed by atoms with E-state index in [1.54, 1.807) is 11.8 Å². The lowest BCUT2D eigenvalue weighted by Gasteiger charge is -2.36. The molecule has 2 nitrogen and oxygen atoms in total. The highest BCUT2D eigenvalue weighted by molar-refractivity contribution is 7.98. The molecule has 0 fully saturated rings. The normalized spacial score (nSPS) is 13.6. The Morgan fingerprint density at radius 3 is 2.17 bits per heavy atom. The van der Waals surface area contributed by atoms with Crippen molar-refractivity contribution in [1.82, 2.24) is 0 Å². The molecule has 4 heteroatoms. The van der Waals surface area contributed by atoms with Crippen LogP contribution in [0.2, 0.25) is 18.1 Å². The molecule has 0 radical (unpaired) electrons. The number of benzene rings is 2. The molecule has 1 unspecified atom stereocenters. The van der Waals surface area contributed by atoms with E-state index in [4.69, 9.17) is 4.43 Å². The maximum absolute atomic E-state index is 10.7. The minimum Gasteiger partial charge on any atom is -0.543 e. The average Bonchev–Trinajstić information content (AvgIpc) is 2.53. The standard InChI is InChI=1S/C20H28O2SSi/c1-20(2,3)24(5,6)22-17-9-7-8-16(14-17)19(21)15-10-12-18(23-4)13-11-15/h7-14,19,21H,1-6H3. The zero-order valence-electron chi connectivity index (χ0n) is 15.5. The van der Waals surface area contributed by atoms with Gasteiger partial charge in [-0.15, -0.1) is 11.8 Å². The van der Waals surface area contributed by atoms with Gasteiger partial charge in [0.25, 0.3) is 0 Å². The lowest BCUT2D eigenvalue weighted by Crippen LogP contribution is -2.43. The summed E-state index contributed by atoms with van der Waals surface area (Å²) in [6, 6.07) is 15.9. The van der Waals surface area contributed by atoms with Crippen molar-refractivity contribution < 1.29 is 9.53 Å². The Balaban J connectivity index is 2.23. The Bertz CT molecular complexity index is 675.